The van der Waals surface area contributed by atoms with Crippen LogP contribution in [0, 0.1) is 10.1 Å². The fraction of sp³-hybridized carbons (Fsp3) is 0.538. The number of rotatable bonds is 3. The van der Waals surface area contributed by atoms with Gasteiger partial charge in [0, 0.05) is 31.7 Å². The highest BCUT2D eigenvalue weighted by Crippen LogP contribution is 2.39. The molecule has 1 aromatic rings. The van der Waals surface area contributed by atoms with E-state index >= 15 is 0 Å². The predicted molar refractivity (Wildman–Crippen MR) is 80.3 cm³/mol. The lowest BCUT2D eigenvalue weighted by atomic mass is 10.2. The molecule has 0 amide bonds. The quantitative estimate of drug-likeness (QED) is 0.622. The molecule has 1 unspecified atom stereocenters. The van der Waals surface area contributed by atoms with E-state index in [1.807, 2.05) is 0 Å². The monoisotopic (exact) mass is 343 g/mol. The molecular formula is C13H17N3O6S. The van der Waals surface area contributed by atoms with Gasteiger partial charge in [-0.3, -0.25) is 10.1 Å². The second-order valence-corrected chi connectivity index (χ2v) is 7.25. The first-order valence-electron chi connectivity index (χ1n) is 7.22. The van der Waals surface area contributed by atoms with Crippen LogP contribution in [-0.4, -0.2) is 56.5 Å². The molecule has 2 aliphatic heterocycles. The summed E-state index contributed by atoms with van der Waals surface area (Å²) in [6.45, 7) is 3.56. The van der Waals surface area contributed by atoms with Crippen molar-refractivity contribution in [3.63, 3.8) is 0 Å². The number of hydrogen-bond acceptors (Lipinski definition) is 7. The lowest BCUT2D eigenvalue weighted by Crippen LogP contribution is -2.52. The molecule has 0 saturated carbocycles. The standard InChI is InChI=1S/C13H17N3O6S/c1-9-8-14-2-3-15(9)23(19,20)13-7-12-11(21-4-5-22-12)6-10(13)16(17)18/h6-7,9,14H,2-5,8H2,1H3. The Morgan fingerprint density at radius 3 is 2.57 bits per heavy atom. The topological polar surface area (TPSA) is 111 Å². The number of ether oxygens (including phenoxy) is 2. The molecule has 23 heavy (non-hydrogen) atoms. The van der Waals surface area contributed by atoms with E-state index < -0.39 is 20.6 Å². The minimum Gasteiger partial charge on any atom is -0.486 e. The number of nitrogens with zero attached hydrogens (tertiary/aromatic N) is 2. The van der Waals surface area contributed by atoms with Crippen LogP contribution in [0.15, 0.2) is 17.0 Å². The van der Waals surface area contributed by atoms with Crippen molar-refractivity contribution in [1.82, 2.24) is 9.62 Å². The van der Waals surface area contributed by atoms with Gasteiger partial charge in [-0.1, -0.05) is 0 Å². The number of nitro groups is 1. The summed E-state index contributed by atoms with van der Waals surface area (Å²) >= 11 is 0. The summed E-state index contributed by atoms with van der Waals surface area (Å²) < 4.78 is 37.8. The summed E-state index contributed by atoms with van der Waals surface area (Å²) in [6.07, 6.45) is 0. The summed E-state index contributed by atoms with van der Waals surface area (Å²) in [4.78, 5) is 10.3. The molecule has 3 rings (SSSR count). The number of benzene rings is 1. The number of fused-ring (bicyclic) bond motifs is 1. The molecule has 0 bridgehead atoms. The van der Waals surface area contributed by atoms with Crippen LogP contribution in [0.4, 0.5) is 5.69 Å². The second-order valence-electron chi connectivity index (χ2n) is 5.39. The highest BCUT2D eigenvalue weighted by molar-refractivity contribution is 7.89. The van der Waals surface area contributed by atoms with Gasteiger partial charge in [-0.25, -0.2) is 8.42 Å². The molecule has 10 heteroatoms. The van der Waals surface area contributed by atoms with E-state index in [-0.39, 0.29) is 42.2 Å². The molecular weight excluding hydrogens is 326 g/mol. The first kappa shape index (κ1) is 16.0. The van der Waals surface area contributed by atoms with Crippen LogP contribution in [0.1, 0.15) is 6.92 Å². The van der Waals surface area contributed by atoms with Crippen molar-refractivity contribution in [2.45, 2.75) is 17.9 Å². The first-order chi connectivity index (χ1) is 10.9. The zero-order valence-corrected chi connectivity index (χ0v) is 13.3. The van der Waals surface area contributed by atoms with Gasteiger partial charge in [0.25, 0.3) is 5.69 Å². The highest BCUT2D eigenvalue weighted by atomic mass is 32.2. The lowest BCUT2D eigenvalue weighted by Gasteiger charge is -2.32. The molecule has 1 atom stereocenters. The Morgan fingerprint density at radius 2 is 1.96 bits per heavy atom. The first-order valence-corrected chi connectivity index (χ1v) is 8.66. The minimum atomic E-state index is -4.00. The molecule has 126 valence electrons. The zero-order valence-electron chi connectivity index (χ0n) is 12.5. The van der Waals surface area contributed by atoms with Crippen LogP contribution in [-0.2, 0) is 10.0 Å². The molecule has 9 nitrogen and oxygen atoms in total. The molecule has 1 saturated heterocycles. The van der Waals surface area contributed by atoms with E-state index in [9.17, 15) is 18.5 Å². The Bertz CT molecular complexity index is 735. The maximum atomic E-state index is 12.9. The van der Waals surface area contributed by atoms with E-state index in [0.29, 0.717) is 13.1 Å². The fourth-order valence-corrected chi connectivity index (χ4v) is 4.50. The summed E-state index contributed by atoms with van der Waals surface area (Å²) in [5.74, 6) is 0.401. The summed E-state index contributed by atoms with van der Waals surface area (Å²) in [5, 5.41) is 14.4. The largest absolute Gasteiger partial charge is 0.486 e. The van der Waals surface area contributed by atoms with Crippen molar-refractivity contribution in [2.24, 2.45) is 0 Å². The average molecular weight is 343 g/mol. The Kier molecular flexibility index (Phi) is 4.13. The smallest absolute Gasteiger partial charge is 0.293 e. The van der Waals surface area contributed by atoms with Crippen LogP contribution in [0.2, 0.25) is 0 Å². The maximum Gasteiger partial charge on any atom is 0.293 e. The molecule has 0 aromatic heterocycles. The minimum absolute atomic E-state index is 0.190. The third-order valence-corrected chi connectivity index (χ3v) is 5.89. The summed E-state index contributed by atoms with van der Waals surface area (Å²) in [7, 11) is -4.00. The Morgan fingerprint density at radius 1 is 1.30 bits per heavy atom. The van der Waals surface area contributed by atoms with E-state index in [4.69, 9.17) is 9.47 Å². The number of nitrogens with one attached hydrogen (secondary N) is 1. The number of piperazine rings is 1. The van der Waals surface area contributed by atoms with Gasteiger partial charge >= 0.3 is 0 Å². The van der Waals surface area contributed by atoms with Crippen LogP contribution in [0.3, 0.4) is 0 Å². The van der Waals surface area contributed by atoms with Crippen molar-refractivity contribution in [2.75, 3.05) is 32.8 Å². The summed E-state index contributed by atoms with van der Waals surface area (Å²) in [6, 6.07) is 2.02. The lowest BCUT2D eigenvalue weighted by molar-refractivity contribution is -0.388. The van der Waals surface area contributed by atoms with Crippen molar-refractivity contribution < 1.29 is 22.8 Å². The SMILES string of the molecule is CC1CNCCN1S(=O)(=O)c1cc2c(cc1[N+](=O)[O-])OCCO2. The van der Waals surface area contributed by atoms with Gasteiger partial charge in [0.05, 0.1) is 11.0 Å². The zero-order chi connectivity index (χ0) is 16.6. The molecule has 1 fully saturated rings. The van der Waals surface area contributed by atoms with Crippen LogP contribution >= 0.6 is 0 Å². The number of sulfonamides is 1. The van der Waals surface area contributed by atoms with Gasteiger partial charge in [0.15, 0.2) is 16.4 Å². The van der Waals surface area contributed by atoms with Gasteiger partial charge in [-0.05, 0) is 6.92 Å². The molecule has 2 heterocycles. The van der Waals surface area contributed by atoms with Crippen LogP contribution < -0.4 is 14.8 Å². The highest BCUT2D eigenvalue weighted by Gasteiger charge is 2.37. The second kappa shape index (κ2) is 5.95. The third-order valence-electron chi connectivity index (χ3n) is 3.85. The van der Waals surface area contributed by atoms with E-state index in [1.54, 1.807) is 6.92 Å². The summed E-state index contributed by atoms with van der Waals surface area (Å²) in [5.41, 5.74) is -0.500. The van der Waals surface area contributed by atoms with E-state index in [1.165, 1.54) is 10.4 Å². The van der Waals surface area contributed by atoms with E-state index in [2.05, 4.69) is 5.32 Å². The fourth-order valence-electron chi connectivity index (χ4n) is 2.71. The van der Waals surface area contributed by atoms with Gasteiger partial charge < -0.3 is 14.8 Å². The molecule has 2 aliphatic rings. The number of nitro benzene ring substituents is 1. The molecule has 1 aromatic carbocycles. The molecule has 0 radical (unpaired) electrons. The Balaban J connectivity index is 2.11. The van der Waals surface area contributed by atoms with Gasteiger partial charge in [-0.2, -0.15) is 4.31 Å². The van der Waals surface area contributed by atoms with Crippen LogP contribution in [0.25, 0.3) is 0 Å². The van der Waals surface area contributed by atoms with Gasteiger partial charge in [0.1, 0.15) is 13.2 Å². The van der Waals surface area contributed by atoms with Crippen LogP contribution in [0.5, 0.6) is 11.5 Å². The Labute approximate surface area is 133 Å². The van der Waals surface area contributed by atoms with Crippen molar-refractivity contribution in [3.05, 3.63) is 22.2 Å². The third kappa shape index (κ3) is 2.84. The Hall–Kier alpha value is -1.91. The van der Waals surface area contributed by atoms with Crippen molar-refractivity contribution in [1.29, 1.82) is 0 Å². The number of hydrogen-bond donors (Lipinski definition) is 1. The van der Waals surface area contributed by atoms with Gasteiger partial charge in [0.2, 0.25) is 10.0 Å². The molecule has 1 N–H and O–H groups in total. The van der Waals surface area contributed by atoms with Crippen molar-refractivity contribution >= 4 is 15.7 Å². The predicted octanol–water partition coefficient (Wildman–Crippen LogP) is 0.348. The van der Waals surface area contributed by atoms with E-state index in [0.717, 1.165) is 6.07 Å². The average Bonchev–Trinajstić information content (AvgIpc) is 2.53. The normalized spacial score (nSPS) is 21.9. The maximum absolute atomic E-state index is 12.9. The van der Waals surface area contributed by atoms with Crippen molar-refractivity contribution in [3.8, 4) is 11.5 Å². The molecule has 0 spiro atoms. The van der Waals surface area contributed by atoms with Gasteiger partial charge in [-0.15, -0.1) is 0 Å². The molecule has 0 aliphatic carbocycles.